The molecule has 19 heavy (non-hydrogen) atoms. The SMILES string of the molecule is CCOC(=O)/C=C/c1ccc(-c2cccc(N)c2)o1. The van der Waals surface area contributed by atoms with Crippen LogP contribution in [0.25, 0.3) is 17.4 Å². The highest BCUT2D eigenvalue weighted by atomic mass is 16.5. The second-order valence-electron chi connectivity index (χ2n) is 3.91. The number of ether oxygens (including phenoxy) is 1. The summed E-state index contributed by atoms with van der Waals surface area (Å²) in [5, 5.41) is 0. The van der Waals surface area contributed by atoms with Gasteiger partial charge in [-0.15, -0.1) is 0 Å². The van der Waals surface area contributed by atoms with E-state index < -0.39 is 0 Å². The Morgan fingerprint density at radius 2 is 2.21 bits per heavy atom. The van der Waals surface area contributed by atoms with Crippen molar-refractivity contribution in [2.24, 2.45) is 0 Å². The van der Waals surface area contributed by atoms with Crippen LogP contribution >= 0.6 is 0 Å². The molecule has 4 nitrogen and oxygen atoms in total. The Morgan fingerprint density at radius 3 is 2.95 bits per heavy atom. The summed E-state index contributed by atoms with van der Waals surface area (Å²) in [6, 6.07) is 11.0. The first-order chi connectivity index (χ1) is 9.19. The van der Waals surface area contributed by atoms with Crippen molar-refractivity contribution in [3.8, 4) is 11.3 Å². The van der Waals surface area contributed by atoms with E-state index in [1.54, 1.807) is 19.1 Å². The molecule has 0 saturated carbocycles. The zero-order valence-corrected chi connectivity index (χ0v) is 10.6. The van der Waals surface area contributed by atoms with Gasteiger partial charge in [-0.1, -0.05) is 12.1 Å². The van der Waals surface area contributed by atoms with Gasteiger partial charge in [0, 0.05) is 17.3 Å². The molecule has 0 aliphatic carbocycles. The van der Waals surface area contributed by atoms with Gasteiger partial charge in [0.05, 0.1) is 6.61 Å². The molecule has 2 rings (SSSR count). The predicted molar refractivity (Wildman–Crippen MR) is 74.2 cm³/mol. The molecule has 0 saturated heterocycles. The number of esters is 1. The van der Waals surface area contributed by atoms with Crippen molar-refractivity contribution < 1.29 is 13.9 Å². The van der Waals surface area contributed by atoms with E-state index in [1.807, 2.05) is 30.3 Å². The van der Waals surface area contributed by atoms with Gasteiger partial charge in [0.25, 0.3) is 0 Å². The number of nitrogen functional groups attached to an aromatic ring is 1. The number of furan rings is 1. The van der Waals surface area contributed by atoms with Crippen LogP contribution < -0.4 is 5.73 Å². The number of rotatable bonds is 4. The molecule has 0 bridgehead atoms. The third kappa shape index (κ3) is 3.48. The molecule has 98 valence electrons. The molecule has 1 aromatic carbocycles. The van der Waals surface area contributed by atoms with Gasteiger partial charge in [0.15, 0.2) is 0 Å². The molecule has 0 aliphatic rings. The zero-order chi connectivity index (χ0) is 13.7. The van der Waals surface area contributed by atoms with E-state index in [0.717, 1.165) is 5.56 Å². The minimum absolute atomic E-state index is 0.357. The topological polar surface area (TPSA) is 65.5 Å². The van der Waals surface area contributed by atoms with Crippen molar-refractivity contribution in [2.75, 3.05) is 12.3 Å². The smallest absolute Gasteiger partial charge is 0.330 e. The molecular weight excluding hydrogens is 242 g/mol. The minimum Gasteiger partial charge on any atom is -0.463 e. The van der Waals surface area contributed by atoms with Gasteiger partial charge >= 0.3 is 5.97 Å². The number of anilines is 1. The van der Waals surface area contributed by atoms with Crippen molar-refractivity contribution in [1.29, 1.82) is 0 Å². The van der Waals surface area contributed by atoms with Crippen LogP contribution in [0, 0.1) is 0 Å². The number of benzene rings is 1. The first kappa shape index (κ1) is 13.0. The quantitative estimate of drug-likeness (QED) is 0.519. The Balaban J connectivity index is 2.13. The molecule has 1 aromatic heterocycles. The molecule has 0 aliphatic heterocycles. The predicted octanol–water partition coefficient (Wildman–Crippen LogP) is 3.11. The van der Waals surface area contributed by atoms with Crippen LogP contribution in [0.2, 0.25) is 0 Å². The van der Waals surface area contributed by atoms with Gasteiger partial charge in [-0.05, 0) is 37.3 Å². The highest BCUT2D eigenvalue weighted by Gasteiger charge is 2.03. The van der Waals surface area contributed by atoms with Crippen LogP contribution in [0.3, 0.4) is 0 Å². The van der Waals surface area contributed by atoms with E-state index in [-0.39, 0.29) is 5.97 Å². The maximum absolute atomic E-state index is 11.2. The Hall–Kier alpha value is -2.49. The summed E-state index contributed by atoms with van der Waals surface area (Å²) in [6.45, 7) is 2.12. The van der Waals surface area contributed by atoms with Crippen LogP contribution in [0.4, 0.5) is 5.69 Å². The van der Waals surface area contributed by atoms with E-state index in [2.05, 4.69) is 0 Å². The molecule has 2 aromatic rings. The molecule has 1 heterocycles. The molecule has 0 unspecified atom stereocenters. The molecular formula is C15H15NO3. The van der Waals surface area contributed by atoms with E-state index in [1.165, 1.54) is 6.08 Å². The van der Waals surface area contributed by atoms with Crippen LogP contribution in [0.15, 0.2) is 46.9 Å². The average Bonchev–Trinajstić information content (AvgIpc) is 2.85. The molecule has 0 amide bonds. The van der Waals surface area contributed by atoms with Gasteiger partial charge in [-0.2, -0.15) is 0 Å². The van der Waals surface area contributed by atoms with Gasteiger partial charge < -0.3 is 14.9 Å². The standard InChI is InChI=1S/C15H15NO3/c1-2-18-15(17)9-7-13-6-8-14(19-13)11-4-3-5-12(16)10-11/h3-10H,2,16H2,1H3/b9-7+. The summed E-state index contributed by atoms with van der Waals surface area (Å²) in [5.74, 6) is 0.908. The second-order valence-corrected chi connectivity index (χ2v) is 3.91. The van der Waals surface area contributed by atoms with Crippen molar-refractivity contribution in [3.63, 3.8) is 0 Å². The lowest BCUT2D eigenvalue weighted by Gasteiger charge is -1.98. The summed E-state index contributed by atoms with van der Waals surface area (Å²) in [6.07, 6.45) is 2.92. The molecule has 0 fully saturated rings. The number of carbonyl (C=O) groups excluding carboxylic acids is 1. The largest absolute Gasteiger partial charge is 0.463 e. The Labute approximate surface area is 111 Å². The third-order valence-electron chi connectivity index (χ3n) is 2.47. The minimum atomic E-state index is -0.385. The molecule has 0 spiro atoms. The van der Waals surface area contributed by atoms with E-state index in [4.69, 9.17) is 14.9 Å². The summed E-state index contributed by atoms with van der Waals surface area (Å²) >= 11 is 0. The lowest BCUT2D eigenvalue weighted by atomic mass is 10.1. The maximum Gasteiger partial charge on any atom is 0.330 e. The van der Waals surface area contributed by atoms with Crippen molar-refractivity contribution in [2.45, 2.75) is 6.92 Å². The first-order valence-electron chi connectivity index (χ1n) is 5.99. The molecule has 0 radical (unpaired) electrons. The maximum atomic E-state index is 11.2. The monoisotopic (exact) mass is 257 g/mol. The van der Waals surface area contributed by atoms with Gasteiger partial charge in [0.2, 0.25) is 0 Å². The van der Waals surface area contributed by atoms with Crippen LogP contribution in [-0.2, 0) is 9.53 Å². The number of hydrogen-bond donors (Lipinski definition) is 1. The van der Waals surface area contributed by atoms with Gasteiger partial charge in [-0.3, -0.25) is 0 Å². The van der Waals surface area contributed by atoms with Crippen molar-refractivity contribution in [3.05, 3.63) is 48.2 Å². The average molecular weight is 257 g/mol. The van der Waals surface area contributed by atoms with Crippen LogP contribution in [0.1, 0.15) is 12.7 Å². The molecule has 4 heteroatoms. The fraction of sp³-hybridized carbons (Fsp3) is 0.133. The Kier molecular flexibility index (Phi) is 4.03. The molecule has 2 N–H and O–H groups in total. The lowest BCUT2D eigenvalue weighted by molar-refractivity contribution is -0.137. The summed E-state index contributed by atoms with van der Waals surface area (Å²) in [5.41, 5.74) is 7.29. The zero-order valence-electron chi connectivity index (χ0n) is 10.6. The summed E-state index contributed by atoms with van der Waals surface area (Å²) in [4.78, 5) is 11.2. The van der Waals surface area contributed by atoms with Crippen molar-refractivity contribution >= 4 is 17.7 Å². The molecule has 0 atom stereocenters. The van der Waals surface area contributed by atoms with E-state index in [9.17, 15) is 4.79 Å². The van der Waals surface area contributed by atoms with Gasteiger partial charge in [0.1, 0.15) is 11.5 Å². The number of nitrogens with two attached hydrogens (primary N) is 1. The third-order valence-corrected chi connectivity index (χ3v) is 2.47. The van der Waals surface area contributed by atoms with Crippen LogP contribution in [0.5, 0.6) is 0 Å². The van der Waals surface area contributed by atoms with E-state index in [0.29, 0.717) is 23.8 Å². The van der Waals surface area contributed by atoms with Crippen LogP contribution in [-0.4, -0.2) is 12.6 Å². The second kappa shape index (κ2) is 5.91. The van der Waals surface area contributed by atoms with E-state index >= 15 is 0 Å². The normalized spacial score (nSPS) is 10.8. The Bertz CT molecular complexity index is 599. The fourth-order valence-electron chi connectivity index (χ4n) is 1.63. The fourth-order valence-corrected chi connectivity index (χ4v) is 1.63. The number of carbonyl (C=O) groups is 1. The van der Waals surface area contributed by atoms with Gasteiger partial charge in [-0.25, -0.2) is 4.79 Å². The highest BCUT2D eigenvalue weighted by Crippen LogP contribution is 2.24. The van der Waals surface area contributed by atoms with Crippen molar-refractivity contribution in [1.82, 2.24) is 0 Å². The summed E-state index contributed by atoms with van der Waals surface area (Å²) in [7, 11) is 0. The first-order valence-corrected chi connectivity index (χ1v) is 5.99. The lowest BCUT2D eigenvalue weighted by Crippen LogP contribution is -1.98. The highest BCUT2D eigenvalue weighted by molar-refractivity contribution is 5.86. The number of hydrogen-bond acceptors (Lipinski definition) is 4. The Morgan fingerprint density at radius 1 is 1.37 bits per heavy atom. The summed E-state index contributed by atoms with van der Waals surface area (Å²) < 4.78 is 10.4.